The second kappa shape index (κ2) is 4.26. The van der Waals surface area contributed by atoms with E-state index >= 15 is 0 Å². The van der Waals surface area contributed by atoms with Crippen LogP contribution in [-0.4, -0.2) is 29.2 Å². The minimum atomic E-state index is -0.730. The zero-order valence-corrected chi connectivity index (χ0v) is 8.38. The lowest BCUT2D eigenvalue weighted by Crippen LogP contribution is -2.35. The van der Waals surface area contributed by atoms with Crippen LogP contribution in [0.25, 0.3) is 0 Å². The summed E-state index contributed by atoms with van der Waals surface area (Å²) in [6.07, 6.45) is -0.730. The quantitative estimate of drug-likeness (QED) is 0.500. The number of allylic oxidation sites excluding steroid dienone is 1. The van der Waals surface area contributed by atoms with Crippen LogP contribution >= 0.6 is 0 Å². The predicted octanol–water partition coefficient (Wildman–Crippen LogP) is 1.14. The molecule has 3 nitrogen and oxygen atoms in total. The minimum absolute atomic E-state index is 0.120. The van der Waals surface area contributed by atoms with Crippen molar-refractivity contribution < 1.29 is 9.90 Å². The van der Waals surface area contributed by atoms with E-state index in [1.807, 2.05) is 13.8 Å². The third kappa shape index (κ3) is 2.66. The normalized spacial score (nSPS) is 12.2. The Kier molecular flexibility index (Phi) is 3.96. The molecule has 0 aromatic carbocycles. The number of carbonyl (C=O) groups is 1. The highest BCUT2D eigenvalue weighted by Crippen LogP contribution is 2.06. The van der Waals surface area contributed by atoms with E-state index in [2.05, 4.69) is 0 Å². The summed E-state index contributed by atoms with van der Waals surface area (Å²) >= 11 is 0. The van der Waals surface area contributed by atoms with Gasteiger partial charge in [0.05, 0.1) is 0 Å². The van der Waals surface area contributed by atoms with Gasteiger partial charge in [0.15, 0.2) is 0 Å². The lowest BCUT2D eigenvalue weighted by Gasteiger charge is -2.21. The first kappa shape index (κ1) is 11.2. The van der Waals surface area contributed by atoms with Crippen molar-refractivity contribution in [3.63, 3.8) is 0 Å². The second-order valence-corrected chi connectivity index (χ2v) is 3.17. The van der Waals surface area contributed by atoms with Crippen LogP contribution in [0.2, 0.25) is 0 Å². The third-order valence-corrected chi connectivity index (χ3v) is 1.95. The fourth-order valence-corrected chi connectivity index (χ4v) is 0.648. The largest absolute Gasteiger partial charge is 0.374 e. The first-order chi connectivity index (χ1) is 5.37. The fraction of sp³-hybridized carbons (Fsp3) is 0.667. The van der Waals surface area contributed by atoms with Crippen molar-refractivity contribution >= 4 is 5.91 Å². The number of likely N-dealkylation sites (N-methyl/N-ethyl adjacent to an activating group) is 1. The van der Waals surface area contributed by atoms with Crippen molar-refractivity contribution in [1.82, 2.24) is 4.90 Å². The third-order valence-electron chi connectivity index (χ3n) is 1.95. The molecule has 0 aliphatic rings. The second-order valence-electron chi connectivity index (χ2n) is 3.17. The SMILES string of the molecule is CC(C)=C(C)C(=O)N(C)C(C)O. The molecule has 0 aromatic rings. The molecule has 3 heteroatoms. The van der Waals surface area contributed by atoms with Crippen molar-refractivity contribution in [2.75, 3.05) is 7.05 Å². The molecule has 0 aliphatic carbocycles. The number of amides is 1. The van der Waals surface area contributed by atoms with Crippen LogP contribution in [0.4, 0.5) is 0 Å². The van der Waals surface area contributed by atoms with E-state index in [0.29, 0.717) is 5.57 Å². The van der Waals surface area contributed by atoms with E-state index in [-0.39, 0.29) is 5.91 Å². The molecular formula is C9H17NO2. The van der Waals surface area contributed by atoms with Gasteiger partial charge in [-0.3, -0.25) is 4.79 Å². The van der Waals surface area contributed by atoms with E-state index in [1.54, 1.807) is 20.9 Å². The molecule has 0 heterocycles. The number of hydrogen-bond donors (Lipinski definition) is 1. The Hall–Kier alpha value is -0.830. The summed E-state index contributed by atoms with van der Waals surface area (Å²) in [5, 5.41) is 9.10. The molecule has 70 valence electrons. The molecule has 0 fully saturated rings. The summed E-state index contributed by atoms with van der Waals surface area (Å²) in [5.74, 6) is -0.120. The van der Waals surface area contributed by atoms with Crippen molar-refractivity contribution in [1.29, 1.82) is 0 Å². The maximum absolute atomic E-state index is 11.4. The lowest BCUT2D eigenvalue weighted by atomic mass is 10.1. The molecule has 1 amide bonds. The van der Waals surface area contributed by atoms with Crippen molar-refractivity contribution in [2.24, 2.45) is 0 Å². The van der Waals surface area contributed by atoms with Crippen LogP contribution in [0, 0.1) is 0 Å². The number of rotatable bonds is 2. The van der Waals surface area contributed by atoms with Crippen LogP contribution in [0.3, 0.4) is 0 Å². The molecule has 0 radical (unpaired) electrons. The highest BCUT2D eigenvalue weighted by molar-refractivity contribution is 5.93. The Balaban J connectivity index is 4.52. The molecule has 0 rings (SSSR count). The maximum atomic E-state index is 11.4. The topological polar surface area (TPSA) is 40.5 Å². The molecule has 1 N–H and O–H groups in total. The van der Waals surface area contributed by atoms with Crippen molar-refractivity contribution in [3.05, 3.63) is 11.1 Å². The summed E-state index contributed by atoms with van der Waals surface area (Å²) < 4.78 is 0. The molecule has 0 saturated heterocycles. The number of hydrogen-bond acceptors (Lipinski definition) is 2. The van der Waals surface area contributed by atoms with Gasteiger partial charge in [-0.2, -0.15) is 0 Å². The molecule has 1 unspecified atom stereocenters. The highest BCUT2D eigenvalue weighted by atomic mass is 16.3. The number of carbonyl (C=O) groups excluding carboxylic acids is 1. The molecule has 1 atom stereocenters. The van der Waals surface area contributed by atoms with Crippen LogP contribution in [0.15, 0.2) is 11.1 Å². The van der Waals surface area contributed by atoms with Gasteiger partial charge in [-0.05, 0) is 27.7 Å². The average molecular weight is 171 g/mol. The Labute approximate surface area is 73.7 Å². The van der Waals surface area contributed by atoms with Crippen molar-refractivity contribution in [2.45, 2.75) is 33.9 Å². The van der Waals surface area contributed by atoms with Gasteiger partial charge in [0.1, 0.15) is 6.23 Å². The van der Waals surface area contributed by atoms with E-state index < -0.39 is 6.23 Å². The minimum Gasteiger partial charge on any atom is -0.374 e. The van der Waals surface area contributed by atoms with Gasteiger partial charge < -0.3 is 10.0 Å². The van der Waals surface area contributed by atoms with Gasteiger partial charge in [-0.25, -0.2) is 0 Å². The molecule has 0 aromatic heterocycles. The summed E-state index contributed by atoms with van der Waals surface area (Å²) in [6.45, 7) is 7.08. The first-order valence-electron chi connectivity index (χ1n) is 3.97. The summed E-state index contributed by atoms with van der Waals surface area (Å²) in [4.78, 5) is 12.7. The summed E-state index contributed by atoms with van der Waals surface area (Å²) in [5.41, 5.74) is 1.67. The van der Waals surface area contributed by atoms with Gasteiger partial charge in [0, 0.05) is 12.6 Å². The Morgan fingerprint density at radius 3 is 2.00 bits per heavy atom. The van der Waals surface area contributed by atoms with Crippen LogP contribution < -0.4 is 0 Å². The Morgan fingerprint density at radius 1 is 1.33 bits per heavy atom. The number of aliphatic hydroxyl groups is 1. The first-order valence-corrected chi connectivity index (χ1v) is 3.97. The van der Waals surface area contributed by atoms with Gasteiger partial charge in [0.2, 0.25) is 0 Å². The highest BCUT2D eigenvalue weighted by Gasteiger charge is 2.14. The molecule has 0 spiro atoms. The summed E-state index contributed by atoms with van der Waals surface area (Å²) in [6, 6.07) is 0. The van der Waals surface area contributed by atoms with Crippen LogP contribution in [0.1, 0.15) is 27.7 Å². The maximum Gasteiger partial charge on any atom is 0.251 e. The molecule has 0 aliphatic heterocycles. The molecular weight excluding hydrogens is 154 g/mol. The zero-order chi connectivity index (χ0) is 9.89. The summed E-state index contributed by atoms with van der Waals surface area (Å²) in [7, 11) is 1.58. The van der Waals surface area contributed by atoms with Gasteiger partial charge in [-0.15, -0.1) is 0 Å². The van der Waals surface area contributed by atoms with Gasteiger partial charge >= 0.3 is 0 Å². The van der Waals surface area contributed by atoms with Crippen molar-refractivity contribution in [3.8, 4) is 0 Å². The van der Waals surface area contributed by atoms with E-state index in [0.717, 1.165) is 5.57 Å². The van der Waals surface area contributed by atoms with Gasteiger partial charge in [0.25, 0.3) is 5.91 Å². The van der Waals surface area contributed by atoms with E-state index in [4.69, 9.17) is 5.11 Å². The standard InChI is InChI=1S/C9H17NO2/c1-6(2)7(3)9(12)10(5)8(4)11/h8,11H,1-5H3. The Morgan fingerprint density at radius 2 is 1.75 bits per heavy atom. The number of aliphatic hydroxyl groups excluding tert-OH is 1. The zero-order valence-electron chi connectivity index (χ0n) is 8.38. The van der Waals surface area contributed by atoms with Gasteiger partial charge in [-0.1, -0.05) is 5.57 Å². The average Bonchev–Trinajstić information content (AvgIpc) is 2.00. The lowest BCUT2D eigenvalue weighted by molar-refractivity contribution is -0.133. The number of nitrogens with zero attached hydrogens (tertiary/aromatic N) is 1. The monoisotopic (exact) mass is 171 g/mol. The van der Waals surface area contributed by atoms with E-state index in [1.165, 1.54) is 4.90 Å². The molecule has 0 bridgehead atoms. The smallest absolute Gasteiger partial charge is 0.251 e. The van der Waals surface area contributed by atoms with Crippen LogP contribution in [-0.2, 0) is 4.79 Å². The van der Waals surface area contributed by atoms with E-state index in [9.17, 15) is 4.79 Å². The molecule has 0 saturated carbocycles. The Bertz CT molecular complexity index is 203. The fourth-order valence-electron chi connectivity index (χ4n) is 0.648. The van der Waals surface area contributed by atoms with Crippen LogP contribution in [0.5, 0.6) is 0 Å². The predicted molar refractivity (Wildman–Crippen MR) is 48.5 cm³/mol. The molecule has 12 heavy (non-hydrogen) atoms.